The molecule has 0 atom stereocenters. The van der Waals surface area contributed by atoms with Gasteiger partial charge in [-0.1, -0.05) is 0 Å². The van der Waals surface area contributed by atoms with Gasteiger partial charge in [0.25, 0.3) is 0 Å². The van der Waals surface area contributed by atoms with Crippen molar-refractivity contribution < 1.29 is 9.57 Å². The summed E-state index contributed by atoms with van der Waals surface area (Å²) in [6.07, 6.45) is 5.35. The summed E-state index contributed by atoms with van der Waals surface area (Å²) in [4.78, 5) is 6.05. The average Bonchev–Trinajstić information content (AvgIpc) is 2.31. The maximum absolute atomic E-state index is 6.05. The lowest BCUT2D eigenvalue weighted by Crippen LogP contribution is -2.45. The Morgan fingerprint density at radius 3 is 2.06 bits per heavy atom. The standard InChI is InChI=1S/C14H28N2O2/c1-14(2,3)17-12-4-6-13(7-5-12)18-16-10-8-15-9-11-16/h12-13,15H,4-11H2,1-3H3/t12-,13-. The Morgan fingerprint density at radius 1 is 0.944 bits per heavy atom. The zero-order chi connectivity index (χ0) is 13.0. The van der Waals surface area contributed by atoms with Gasteiger partial charge in [-0.05, 0) is 46.5 Å². The van der Waals surface area contributed by atoms with E-state index in [1.165, 1.54) is 0 Å². The van der Waals surface area contributed by atoms with Gasteiger partial charge in [-0.3, -0.25) is 4.84 Å². The van der Waals surface area contributed by atoms with E-state index >= 15 is 0 Å². The van der Waals surface area contributed by atoms with E-state index in [1.807, 2.05) is 0 Å². The minimum atomic E-state index is -0.0170. The molecule has 2 fully saturated rings. The van der Waals surface area contributed by atoms with Crippen LogP contribution in [0.5, 0.6) is 0 Å². The number of nitrogens with one attached hydrogen (secondary N) is 1. The van der Waals surface area contributed by atoms with Gasteiger partial charge in [-0.15, -0.1) is 0 Å². The van der Waals surface area contributed by atoms with Gasteiger partial charge in [0.2, 0.25) is 0 Å². The molecule has 0 unspecified atom stereocenters. The van der Waals surface area contributed by atoms with Gasteiger partial charge in [0.15, 0.2) is 0 Å². The van der Waals surface area contributed by atoms with Crippen molar-refractivity contribution in [2.24, 2.45) is 0 Å². The van der Waals surface area contributed by atoms with Crippen molar-refractivity contribution in [3.05, 3.63) is 0 Å². The van der Waals surface area contributed by atoms with Crippen molar-refractivity contribution in [3.63, 3.8) is 0 Å². The van der Waals surface area contributed by atoms with Gasteiger partial charge in [0.1, 0.15) is 0 Å². The molecule has 4 heteroatoms. The topological polar surface area (TPSA) is 33.7 Å². The Kier molecular flexibility index (Phi) is 5.01. The van der Waals surface area contributed by atoms with E-state index in [0.29, 0.717) is 12.2 Å². The maximum atomic E-state index is 6.05. The van der Waals surface area contributed by atoms with Crippen LogP contribution in [-0.4, -0.2) is 49.1 Å². The van der Waals surface area contributed by atoms with E-state index in [-0.39, 0.29) is 5.60 Å². The lowest BCUT2D eigenvalue weighted by atomic mass is 9.94. The Labute approximate surface area is 111 Å². The van der Waals surface area contributed by atoms with Crippen LogP contribution in [0.1, 0.15) is 46.5 Å². The first-order valence-corrected chi connectivity index (χ1v) is 7.33. The minimum absolute atomic E-state index is 0.0170. The van der Waals surface area contributed by atoms with Crippen LogP contribution >= 0.6 is 0 Å². The lowest BCUT2D eigenvalue weighted by Gasteiger charge is -2.36. The second kappa shape index (κ2) is 6.33. The fourth-order valence-electron chi connectivity index (χ4n) is 2.72. The molecule has 0 radical (unpaired) electrons. The van der Waals surface area contributed by atoms with E-state index in [9.17, 15) is 0 Å². The Hall–Kier alpha value is -0.160. The first-order valence-electron chi connectivity index (χ1n) is 7.33. The lowest BCUT2D eigenvalue weighted by molar-refractivity contribution is -0.216. The molecule has 18 heavy (non-hydrogen) atoms. The third kappa shape index (κ3) is 4.84. The van der Waals surface area contributed by atoms with Gasteiger partial charge < -0.3 is 10.1 Å². The number of hydrogen-bond donors (Lipinski definition) is 1. The van der Waals surface area contributed by atoms with Crippen molar-refractivity contribution in [3.8, 4) is 0 Å². The fraction of sp³-hybridized carbons (Fsp3) is 1.00. The van der Waals surface area contributed by atoms with Crippen LogP contribution in [0.3, 0.4) is 0 Å². The Balaban J connectivity index is 1.66. The molecule has 0 aromatic heterocycles. The predicted molar refractivity (Wildman–Crippen MR) is 72.4 cm³/mol. The molecule has 0 aromatic carbocycles. The van der Waals surface area contributed by atoms with Crippen molar-refractivity contribution in [2.45, 2.75) is 64.3 Å². The molecule has 1 saturated carbocycles. The summed E-state index contributed by atoms with van der Waals surface area (Å²) in [5.74, 6) is 0. The van der Waals surface area contributed by atoms with Crippen LogP contribution in [0.2, 0.25) is 0 Å². The van der Waals surface area contributed by atoms with Gasteiger partial charge in [-0.2, -0.15) is 5.06 Å². The molecule has 1 saturated heterocycles. The minimum Gasteiger partial charge on any atom is -0.373 e. The highest BCUT2D eigenvalue weighted by molar-refractivity contribution is 4.76. The van der Waals surface area contributed by atoms with Crippen LogP contribution in [0.25, 0.3) is 0 Å². The highest BCUT2D eigenvalue weighted by atomic mass is 16.7. The van der Waals surface area contributed by atoms with E-state index < -0.39 is 0 Å². The first kappa shape index (κ1) is 14.3. The molecule has 1 N–H and O–H groups in total. The Bertz CT molecular complexity index is 239. The average molecular weight is 256 g/mol. The molecule has 4 nitrogen and oxygen atoms in total. The quantitative estimate of drug-likeness (QED) is 0.837. The van der Waals surface area contributed by atoms with Crippen LogP contribution in [-0.2, 0) is 9.57 Å². The van der Waals surface area contributed by atoms with Gasteiger partial charge in [-0.25, -0.2) is 0 Å². The van der Waals surface area contributed by atoms with E-state index in [0.717, 1.165) is 51.9 Å². The smallest absolute Gasteiger partial charge is 0.0795 e. The summed E-state index contributed by atoms with van der Waals surface area (Å²) in [6.45, 7) is 10.5. The second-order valence-electron chi connectivity index (χ2n) is 6.41. The van der Waals surface area contributed by atoms with Crippen molar-refractivity contribution >= 4 is 0 Å². The molecule has 0 bridgehead atoms. The van der Waals surface area contributed by atoms with Gasteiger partial charge >= 0.3 is 0 Å². The predicted octanol–water partition coefficient (Wildman–Crippen LogP) is 1.95. The maximum Gasteiger partial charge on any atom is 0.0795 e. The van der Waals surface area contributed by atoms with Crippen LogP contribution in [0.4, 0.5) is 0 Å². The molecule has 1 heterocycles. The van der Waals surface area contributed by atoms with Crippen LogP contribution in [0, 0.1) is 0 Å². The fourth-order valence-corrected chi connectivity index (χ4v) is 2.72. The first-order chi connectivity index (χ1) is 8.53. The SMILES string of the molecule is CC(C)(C)O[C@H]1CC[C@H](ON2CCNCC2)CC1. The summed E-state index contributed by atoms with van der Waals surface area (Å²) in [6, 6.07) is 0. The van der Waals surface area contributed by atoms with Gasteiger partial charge in [0.05, 0.1) is 17.8 Å². The Morgan fingerprint density at radius 2 is 1.50 bits per heavy atom. The van der Waals surface area contributed by atoms with Crippen molar-refractivity contribution in [1.29, 1.82) is 0 Å². The molecule has 0 spiro atoms. The van der Waals surface area contributed by atoms with Crippen molar-refractivity contribution in [1.82, 2.24) is 10.4 Å². The van der Waals surface area contributed by atoms with Crippen LogP contribution in [0.15, 0.2) is 0 Å². The van der Waals surface area contributed by atoms with E-state index in [4.69, 9.17) is 9.57 Å². The normalized spacial score (nSPS) is 31.5. The zero-order valence-corrected chi connectivity index (χ0v) is 12.1. The number of piperazine rings is 1. The molecule has 0 aromatic rings. The molecule has 2 aliphatic rings. The molecule has 0 amide bonds. The molecular formula is C14H28N2O2. The number of nitrogens with zero attached hydrogens (tertiary/aromatic N) is 1. The van der Waals surface area contributed by atoms with Crippen LogP contribution < -0.4 is 5.32 Å². The largest absolute Gasteiger partial charge is 0.373 e. The monoisotopic (exact) mass is 256 g/mol. The molecule has 1 aliphatic carbocycles. The number of rotatable bonds is 3. The van der Waals surface area contributed by atoms with E-state index in [1.54, 1.807) is 0 Å². The van der Waals surface area contributed by atoms with E-state index in [2.05, 4.69) is 31.2 Å². The number of ether oxygens (including phenoxy) is 1. The third-order valence-electron chi connectivity index (χ3n) is 3.52. The number of hydrogen-bond acceptors (Lipinski definition) is 4. The molecule has 106 valence electrons. The highest BCUT2D eigenvalue weighted by Crippen LogP contribution is 2.27. The highest BCUT2D eigenvalue weighted by Gasteiger charge is 2.27. The molecular weight excluding hydrogens is 228 g/mol. The third-order valence-corrected chi connectivity index (χ3v) is 3.52. The zero-order valence-electron chi connectivity index (χ0n) is 12.1. The van der Waals surface area contributed by atoms with Gasteiger partial charge in [0, 0.05) is 26.2 Å². The molecule has 1 aliphatic heterocycles. The summed E-state index contributed by atoms with van der Waals surface area (Å²) in [7, 11) is 0. The molecule has 2 rings (SSSR count). The number of hydroxylamine groups is 2. The summed E-state index contributed by atoms with van der Waals surface area (Å²) in [5, 5.41) is 5.47. The van der Waals surface area contributed by atoms with Crippen molar-refractivity contribution in [2.75, 3.05) is 26.2 Å². The summed E-state index contributed by atoms with van der Waals surface area (Å²) >= 11 is 0. The summed E-state index contributed by atoms with van der Waals surface area (Å²) < 4.78 is 6.04. The summed E-state index contributed by atoms with van der Waals surface area (Å²) in [5.41, 5.74) is -0.0170. The second-order valence-corrected chi connectivity index (χ2v) is 6.41.